The average Bonchev–Trinajstić information content (AvgIpc) is 2.31. The Hall–Kier alpha value is -1.12. The molecular formula is C12H18N2O. The molecule has 0 aromatic heterocycles. The molecule has 2 aliphatic carbocycles. The second kappa shape index (κ2) is 5.10. The highest BCUT2D eigenvalue weighted by Gasteiger charge is 2.15. The lowest BCUT2D eigenvalue weighted by Crippen LogP contribution is -2.30. The molecule has 0 bridgehead atoms. The predicted octanol–water partition coefficient (Wildman–Crippen LogP) is 2.89. The third-order valence-corrected chi connectivity index (χ3v) is 3.19. The molecule has 0 radical (unpaired) electrons. The highest BCUT2D eigenvalue weighted by molar-refractivity contribution is 5.24. The maximum atomic E-state index is 10.3. The van der Waals surface area contributed by atoms with E-state index in [9.17, 15) is 4.91 Å². The molecule has 1 N–H and O–H groups in total. The lowest BCUT2D eigenvalue weighted by atomic mass is 9.95. The summed E-state index contributed by atoms with van der Waals surface area (Å²) in [5, 5.41) is 6.55. The quantitative estimate of drug-likeness (QED) is 0.721. The maximum absolute atomic E-state index is 10.3. The second-order valence-corrected chi connectivity index (χ2v) is 4.41. The van der Waals surface area contributed by atoms with Crippen molar-refractivity contribution in [3.05, 3.63) is 28.8 Å². The molecule has 0 aromatic rings. The van der Waals surface area contributed by atoms with Gasteiger partial charge >= 0.3 is 0 Å². The summed E-state index contributed by atoms with van der Waals surface area (Å²) in [7, 11) is 0. The van der Waals surface area contributed by atoms with Crippen molar-refractivity contribution >= 4 is 0 Å². The zero-order valence-corrected chi connectivity index (χ0v) is 8.98. The van der Waals surface area contributed by atoms with Crippen LogP contribution in [0.15, 0.2) is 29.1 Å². The van der Waals surface area contributed by atoms with Gasteiger partial charge in [-0.3, -0.25) is 0 Å². The van der Waals surface area contributed by atoms with Crippen LogP contribution in [0.25, 0.3) is 0 Å². The molecule has 0 amide bonds. The van der Waals surface area contributed by atoms with Crippen LogP contribution in [0.4, 0.5) is 0 Å². The van der Waals surface area contributed by atoms with Crippen LogP contribution in [0, 0.1) is 4.91 Å². The molecule has 1 unspecified atom stereocenters. The Balaban J connectivity index is 1.82. The second-order valence-electron chi connectivity index (χ2n) is 4.41. The minimum absolute atomic E-state index is 0.151. The summed E-state index contributed by atoms with van der Waals surface area (Å²) < 4.78 is 0. The molecule has 3 heteroatoms. The molecule has 0 saturated heterocycles. The van der Waals surface area contributed by atoms with E-state index in [4.69, 9.17) is 0 Å². The zero-order valence-electron chi connectivity index (χ0n) is 8.98. The molecule has 0 heterocycles. The first kappa shape index (κ1) is 10.4. The zero-order chi connectivity index (χ0) is 10.5. The first-order chi connectivity index (χ1) is 7.38. The molecule has 82 valence electrons. The van der Waals surface area contributed by atoms with Crippen molar-refractivity contribution in [2.45, 2.75) is 50.6 Å². The number of rotatable bonds is 3. The molecule has 0 aromatic carbocycles. The summed E-state index contributed by atoms with van der Waals surface area (Å²) >= 11 is 0. The lowest BCUT2D eigenvalue weighted by Gasteiger charge is -2.25. The van der Waals surface area contributed by atoms with Gasteiger partial charge in [0.25, 0.3) is 0 Å². The number of nitrogens with zero attached hydrogens (tertiary/aromatic N) is 1. The van der Waals surface area contributed by atoms with Crippen LogP contribution in [0.3, 0.4) is 0 Å². The summed E-state index contributed by atoms with van der Waals surface area (Å²) in [5.41, 5.74) is 1.17. The van der Waals surface area contributed by atoms with Crippen LogP contribution < -0.4 is 5.32 Å². The molecular weight excluding hydrogens is 188 g/mol. The highest BCUT2D eigenvalue weighted by atomic mass is 16.3. The van der Waals surface area contributed by atoms with Crippen LogP contribution in [0.2, 0.25) is 0 Å². The van der Waals surface area contributed by atoms with E-state index in [1.807, 2.05) is 12.2 Å². The number of hydrogen-bond acceptors (Lipinski definition) is 3. The van der Waals surface area contributed by atoms with E-state index in [1.54, 1.807) is 0 Å². The Kier molecular flexibility index (Phi) is 3.54. The Labute approximate surface area is 90.6 Å². The Morgan fingerprint density at radius 1 is 1.27 bits per heavy atom. The molecule has 2 aliphatic rings. The topological polar surface area (TPSA) is 41.5 Å². The summed E-state index contributed by atoms with van der Waals surface area (Å²) in [6.07, 6.45) is 13.3. The molecule has 15 heavy (non-hydrogen) atoms. The molecule has 3 nitrogen and oxygen atoms in total. The molecule has 0 aliphatic heterocycles. The van der Waals surface area contributed by atoms with Crippen molar-refractivity contribution in [1.29, 1.82) is 0 Å². The maximum Gasteiger partial charge on any atom is 0.114 e. The fraction of sp³-hybridized carbons (Fsp3) is 0.667. The fourth-order valence-corrected chi connectivity index (χ4v) is 2.28. The van der Waals surface area contributed by atoms with E-state index in [0.29, 0.717) is 6.04 Å². The molecule has 1 atom stereocenters. The van der Waals surface area contributed by atoms with E-state index in [2.05, 4.69) is 16.6 Å². The lowest BCUT2D eigenvalue weighted by molar-refractivity contribution is 0.398. The van der Waals surface area contributed by atoms with Gasteiger partial charge in [-0.2, -0.15) is 4.91 Å². The van der Waals surface area contributed by atoms with Gasteiger partial charge < -0.3 is 5.32 Å². The van der Waals surface area contributed by atoms with Gasteiger partial charge in [0.2, 0.25) is 0 Å². The first-order valence-electron chi connectivity index (χ1n) is 5.86. The Morgan fingerprint density at radius 3 is 2.67 bits per heavy atom. The fourth-order valence-electron chi connectivity index (χ4n) is 2.28. The third kappa shape index (κ3) is 2.91. The van der Waals surface area contributed by atoms with Crippen LogP contribution in [0.5, 0.6) is 0 Å². The smallest absolute Gasteiger partial charge is 0.114 e. The Morgan fingerprint density at radius 2 is 2.07 bits per heavy atom. The number of nitrogens with one attached hydrogen (secondary N) is 1. The minimum atomic E-state index is -0.151. The van der Waals surface area contributed by atoms with E-state index < -0.39 is 0 Å². The van der Waals surface area contributed by atoms with Crippen LogP contribution in [-0.4, -0.2) is 12.1 Å². The van der Waals surface area contributed by atoms with Gasteiger partial charge in [0, 0.05) is 11.7 Å². The number of allylic oxidation sites excluding steroid dienone is 1. The summed E-state index contributed by atoms with van der Waals surface area (Å²) in [6.45, 7) is 0. The molecule has 0 spiro atoms. The van der Waals surface area contributed by atoms with Gasteiger partial charge in [-0.15, -0.1) is 0 Å². The first-order valence-corrected chi connectivity index (χ1v) is 5.86. The van der Waals surface area contributed by atoms with E-state index in [0.717, 1.165) is 6.42 Å². The SMILES string of the molecule is O=NC1C=CC(NC2CCCCC2)=CC1. The van der Waals surface area contributed by atoms with E-state index >= 15 is 0 Å². The number of nitroso groups, excluding NO2 is 1. The monoisotopic (exact) mass is 206 g/mol. The van der Waals surface area contributed by atoms with E-state index in [1.165, 1.54) is 37.8 Å². The normalized spacial score (nSPS) is 27.2. The average molecular weight is 206 g/mol. The van der Waals surface area contributed by atoms with Crippen molar-refractivity contribution in [3.8, 4) is 0 Å². The summed E-state index contributed by atoms with van der Waals surface area (Å²) in [4.78, 5) is 10.3. The van der Waals surface area contributed by atoms with Crippen molar-refractivity contribution in [2.75, 3.05) is 0 Å². The molecule has 2 rings (SSSR count). The van der Waals surface area contributed by atoms with Crippen molar-refractivity contribution in [3.63, 3.8) is 0 Å². The van der Waals surface area contributed by atoms with Crippen molar-refractivity contribution in [1.82, 2.24) is 5.32 Å². The minimum Gasteiger partial charge on any atom is -0.383 e. The van der Waals surface area contributed by atoms with Gasteiger partial charge in [-0.05, 0) is 25.3 Å². The van der Waals surface area contributed by atoms with Gasteiger partial charge in [0.1, 0.15) is 6.04 Å². The number of hydrogen-bond donors (Lipinski definition) is 1. The highest BCUT2D eigenvalue weighted by Crippen LogP contribution is 2.20. The van der Waals surface area contributed by atoms with E-state index in [-0.39, 0.29) is 6.04 Å². The molecule has 1 fully saturated rings. The van der Waals surface area contributed by atoms with Crippen molar-refractivity contribution < 1.29 is 0 Å². The third-order valence-electron chi connectivity index (χ3n) is 3.19. The van der Waals surface area contributed by atoms with Crippen LogP contribution in [-0.2, 0) is 0 Å². The van der Waals surface area contributed by atoms with Gasteiger partial charge in [-0.25, -0.2) is 0 Å². The van der Waals surface area contributed by atoms with Crippen molar-refractivity contribution in [2.24, 2.45) is 5.18 Å². The van der Waals surface area contributed by atoms with Gasteiger partial charge in [-0.1, -0.05) is 36.6 Å². The van der Waals surface area contributed by atoms with Gasteiger partial charge in [0.15, 0.2) is 0 Å². The largest absolute Gasteiger partial charge is 0.383 e. The van der Waals surface area contributed by atoms with Crippen LogP contribution in [0.1, 0.15) is 38.5 Å². The standard InChI is InChI=1S/C12H18N2O/c15-14-12-8-6-11(7-9-12)13-10-4-2-1-3-5-10/h6-8,10,12-13H,1-5,9H2. The summed E-state index contributed by atoms with van der Waals surface area (Å²) in [6, 6.07) is 0.484. The van der Waals surface area contributed by atoms with Gasteiger partial charge in [0.05, 0.1) is 0 Å². The summed E-state index contributed by atoms with van der Waals surface area (Å²) in [5.74, 6) is 0. The molecule has 1 saturated carbocycles. The Bertz CT molecular complexity index is 277. The van der Waals surface area contributed by atoms with Crippen LogP contribution >= 0.6 is 0 Å². The predicted molar refractivity (Wildman–Crippen MR) is 61.4 cm³/mol.